The molecule has 0 aromatic carbocycles. The number of hydrogen-bond acceptors (Lipinski definition) is 4. The summed E-state index contributed by atoms with van der Waals surface area (Å²) < 4.78 is 2.06. The van der Waals surface area contributed by atoms with E-state index < -0.39 is 0 Å². The van der Waals surface area contributed by atoms with Gasteiger partial charge in [-0.1, -0.05) is 20.8 Å². The van der Waals surface area contributed by atoms with Crippen LogP contribution in [-0.2, 0) is 13.6 Å². The fourth-order valence-electron chi connectivity index (χ4n) is 3.26. The Balaban J connectivity index is 2.19. The van der Waals surface area contributed by atoms with Crippen LogP contribution >= 0.6 is 0 Å². The fourth-order valence-corrected chi connectivity index (χ4v) is 3.26. The molecule has 2 rings (SSSR count). The van der Waals surface area contributed by atoms with E-state index in [9.17, 15) is 0 Å². The van der Waals surface area contributed by atoms with Crippen molar-refractivity contribution < 1.29 is 0 Å². The SMILES string of the molecule is CCN1CCN(c2c(CNC(C)C)c(C)nn2C)CC1C. The summed E-state index contributed by atoms with van der Waals surface area (Å²) in [6.45, 7) is 16.4. The summed E-state index contributed by atoms with van der Waals surface area (Å²) in [5.41, 5.74) is 2.49. The maximum absolute atomic E-state index is 4.65. The third kappa shape index (κ3) is 3.58. The third-order valence-electron chi connectivity index (χ3n) is 4.47. The molecule has 2 heterocycles. The molecule has 1 atom stereocenters. The van der Waals surface area contributed by atoms with Gasteiger partial charge in [-0.3, -0.25) is 9.58 Å². The molecule has 0 aliphatic carbocycles. The van der Waals surface area contributed by atoms with E-state index in [1.165, 1.54) is 11.4 Å². The highest BCUT2D eigenvalue weighted by atomic mass is 15.4. The lowest BCUT2D eigenvalue weighted by molar-refractivity contribution is 0.198. The monoisotopic (exact) mass is 293 g/mol. The van der Waals surface area contributed by atoms with Crippen LogP contribution in [0.15, 0.2) is 0 Å². The number of aromatic nitrogens is 2. The molecule has 21 heavy (non-hydrogen) atoms. The number of rotatable bonds is 5. The molecule has 120 valence electrons. The Morgan fingerprint density at radius 2 is 2.05 bits per heavy atom. The predicted octanol–water partition coefficient (Wildman–Crippen LogP) is 1.76. The molecule has 0 amide bonds. The average Bonchev–Trinajstić information content (AvgIpc) is 2.70. The van der Waals surface area contributed by atoms with E-state index in [0.29, 0.717) is 12.1 Å². The van der Waals surface area contributed by atoms with Crippen LogP contribution in [0.1, 0.15) is 39.0 Å². The summed E-state index contributed by atoms with van der Waals surface area (Å²) in [6, 6.07) is 1.10. The van der Waals surface area contributed by atoms with Gasteiger partial charge in [0, 0.05) is 50.9 Å². The van der Waals surface area contributed by atoms with Gasteiger partial charge in [0.2, 0.25) is 0 Å². The Bertz CT molecular complexity index is 465. The summed E-state index contributed by atoms with van der Waals surface area (Å²) in [5, 5.41) is 8.19. The van der Waals surface area contributed by atoms with Crippen LogP contribution in [0.2, 0.25) is 0 Å². The van der Waals surface area contributed by atoms with Gasteiger partial charge in [-0.2, -0.15) is 5.10 Å². The molecule has 5 nitrogen and oxygen atoms in total. The van der Waals surface area contributed by atoms with Crippen LogP contribution in [0, 0.1) is 6.92 Å². The Morgan fingerprint density at radius 1 is 1.33 bits per heavy atom. The van der Waals surface area contributed by atoms with Crippen molar-refractivity contribution in [2.45, 2.75) is 53.2 Å². The lowest BCUT2D eigenvalue weighted by Crippen LogP contribution is -2.52. The molecule has 1 aliphatic heterocycles. The first-order valence-electron chi connectivity index (χ1n) is 8.18. The van der Waals surface area contributed by atoms with Gasteiger partial charge in [0.1, 0.15) is 5.82 Å². The second-order valence-electron chi connectivity index (χ2n) is 6.47. The van der Waals surface area contributed by atoms with E-state index in [2.05, 4.69) is 66.6 Å². The van der Waals surface area contributed by atoms with Crippen LogP contribution in [0.3, 0.4) is 0 Å². The number of hydrogen-bond donors (Lipinski definition) is 1. The van der Waals surface area contributed by atoms with Crippen molar-refractivity contribution >= 4 is 5.82 Å². The number of aryl methyl sites for hydroxylation is 2. The van der Waals surface area contributed by atoms with E-state index in [1.807, 2.05) is 0 Å². The van der Waals surface area contributed by atoms with Crippen molar-refractivity contribution in [2.75, 3.05) is 31.1 Å². The smallest absolute Gasteiger partial charge is 0.131 e. The second kappa shape index (κ2) is 6.79. The first-order chi connectivity index (χ1) is 9.93. The van der Waals surface area contributed by atoms with E-state index in [-0.39, 0.29) is 0 Å². The number of nitrogens with zero attached hydrogens (tertiary/aromatic N) is 4. The Kier molecular flexibility index (Phi) is 5.27. The largest absolute Gasteiger partial charge is 0.354 e. The van der Waals surface area contributed by atoms with Crippen molar-refractivity contribution in [1.29, 1.82) is 0 Å². The van der Waals surface area contributed by atoms with Crippen molar-refractivity contribution in [1.82, 2.24) is 20.0 Å². The van der Waals surface area contributed by atoms with Gasteiger partial charge in [-0.05, 0) is 20.4 Å². The highest BCUT2D eigenvalue weighted by molar-refractivity contribution is 5.50. The highest BCUT2D eigenvalue weighted by Crippen LogP contribution is 2.25. The van der Waals surface area contributed by atoms with E-state index >= 15 is 0 Å². The Hall–Kier alpha value is -1.07. The van der Waals surface area contributed by atoms with Gasteiger partial charge in [-0.15, -0.1) is 0 Å². The van der Waals surface area contributed by atoms with Crippen molar-refractivity contribution in [3.8, 4) is 0 Å². The molecule has 5 heteroatoms. The molecule has 1 aromatic rings. The maximum Gasteiger partial charge on any atom is 0.131 e. The van der Waals surface area contributed by atoms with Gasteiger partial charge in [-0.25, -0.2) is 0 Å². The van der Waals surface area contributed by atoms with E-state index in [4.69, 9.17) is 0 Å². The summed E-state index contributed by atoms with van der Waals surface area (Å²) in [6.07, 6.45) is 0. The Labute approximate surface area is 129 Å². The first-order valence-corrected chi connectivity index (χ1v) is 8.18. The van der Waals surface area contributed by atoms with Gasteiger partial charge in [0.05, 0.1) is 5.69 Å². The first kappa shape index (κ1) is 16.3. The zero-order chi connectivity index (χ0) is 15.6. The molecular formula is C16H31N5. The molecule has 1 aliphatic rings. The van der Waals surface area contributed by atoms with Crippen molar-refractivity contribution in [3.63, 3.8) is 0 Å². The zero-order valence-electron chi connectivity index (χ0n) is 14.5. The molecule has 0 bridgehead atoms. The maximum atomic E-state index is 4.65. The molecular weight excluding hydrogens is 262 g/mol. The third-order valence-corrected chi connectivity index (χ3v) is 4.47. The molecule has 0 saturated carbocycles. The summed E-state index contributed by atoms with van der Waals surface area (Å²) in [4.78, 5) is 5.06. The summed E-state index contributed by atoms with van der Waals surface area (Å²) >= 11 is 0. The van der Waals surface area contributed by atoms with Crippen LogP contribution < -0.4 is 10.2 Å². The highest BCUT2D eigenvalue weighted by Gasteiger charge is 2.27. The lowest BCUT2D eigenvalue weighted by atomic mass is 10.1. The van der Waals surface area contributed by atoms with Gasteiger partial charge < -0.3 is 10.2 Å². The number of nitrogens with one attached hydrogen (secondary N) is 1. The quantitative estimate of drug-likeness (QED) is 0.897. The second-order valence-corrected chi connectivity index (χ2v) is 6.47. The normalized spacial score (nSPS) is 20.5. The summed E-state index contributed by atoms with van der Waals surface area (Å²) in [5.74, 6) is 1.29. The van der Waals surface area contributed by atoms with Crippen molar-refractivity contribution in [3.05, 3.63) is 11.3 Å². The predicted molar refractivity (Wildman–Crippen MR) is 88.8 cm³/mol. The Morgan fingerprint density at radius 3 is 2.62 bits per heavy atom. The number of likely N-dealkylation sites (N-methyl/N-ethyl adjacent to an activating group) is 1. The minimum Gasteiger partial charge on any atom is -0.354 e. The molecule has 1 unspecified atom stereocenters. The molecule has 1 fully saturated rings. The van der Waals surface area contributed by atoms with Crippen LogP contribution in [0.5, 0.6) is 0 Å². The van der Waals surface area contributed by atoms with Crippen LogP contribution in [0.4, 0.5) is 5.82 Å². The molecule has 1 saturated heterocycles. The minimum atomic E-state index is 0.494. The fraction of sp³-hybridized carbons (Fsp3) is 0.812. The lowest BCUT2D eigenvalue weighted by Gasteiger charge is -2.40. The van der Waals surface area contributed by atoms with Gasteiger partial charge in [0.15, 0.2) is 0 Å². The number of anilines is 1. The molecule has 1 aromatic heterocycles. The standard InChI is InChI=1S/C16H31N5/c1-7-20-8-9-21(11-13(20)4)16-15(10-17-12(2)3)14(5)18-19(16)6/h12-13,17H,7-11H2,1-6H3. The van der Waals surface area contributed by atoms with Gasteiger partial charge in [0.25, 0.3) is 0 Å². The summed E-state index contributed by atoms with van der Waals surface area (Å²) in [7, 11) is 2.07. The van der Waals surface area contributed by atoms with Crippen LogP contribution in [-0.4, -0.2) is 52.9 Å². The number of piperazine rings is 1. The zero-order valence-corrected chi connectivity index (χ0v) is 14.5. The molecule has 1 N–H and O–H groups in total. The van der Waals surface area contributed by atoms with Gasteiger partial charge >= 0.3 is 0 Å². The van der Waals surface area contributed by atoms with Crippen molar-refractivity contribution in [2.24, 2.45) is 7.05 Å². The topological polar surface area (TPSA) is 36.3 Å². The average molecular weight is 293 g/mol. The van der Waals surface area contributed by atoms with E-state index in [0.717, 1.165) is 38.4 Å². The molecule has 0 spiro atoms. The minimum absolute atomic E-state index is 0.494. The van der Waals surface area contributed by atoms with Crippen LogP contribution in [0.25, 0.3) is 0 Å². The molecule has 0 radical (unpaired) electrons. The van der Waals surface area contributed by atoms with E-state index in [1.54, 1.807) is 0 Å².